The van der Waals surface area contributed by atoms with Crippen LogP contribution in [0.2, 0.25) is 0 Å². The lowest BCUT2D eigenvalue weighted by Crippen LogP contribution is -2.64. The first-order chi connectivity index (χ1) is 14.5. The fourth-order valence-electron chi connectivity index (χ4n) is 6.05. The Hall–Kier alpha value is -1.82. The number of hydrogen-bond donors (Lipinski definition) is 0. The number of likely N-dealkylation sites (tertiary alicyclic amines) is 1. The third-order valence-corrected chi connectivity index (χ3v) is 7.35. The summed E-state index contributed by atoms with van der Waals surface area (Å²) >= 11 is 0. The second-order valence-electron chi connectivity index (χ2n) is 9.74. The van der Waals surface area contributed by atoms with Gasteiger partial charge in [0.15, 0.2) is 11.5 Å². The second-order valence-corrected chi connectivity index (χ2v) is 9.74. The first kappa shape index (κ1) is 21.4. The standard InChI is InChI=1S/C24H37N3O3/c1-16(2)8-9-21-18-12-17(20-6-5-7-23(28)27(20)21)13-26(14-18)15-19-24(30-4)22(29-3)10-11-25-19/h10-11,16-18,20-21H,5-9,12-15H2,1-4H3/t17-,18+,20+,21+/m1/s1. The lowest BCUT2D eigenvalue weighted by molar-refractivity contribution is -0.153. The van der Waals surface area contributed by atoms with Gasteiger partial charge < -0.3 is 14.4 Å². The first-order valence-corrected chi connectivity index (χ1v) is 11.6. The molecule has 4 heterocycles. The first-order valence-electron chi connectivity index (χ1n) is 11.6. The molecule has 4 atom stereocenters. The van der Waals surface area contributed by atoms with Gasteiger partial charge in [-0.1, -0.05) is 13.8 Å². The fourth-order valence-corrected chi connectivity index (χ4v) is 6.05. The quantitative estimate of drug-likeness (QED) is 0.679. The van der Waals surface area contributed by atoms with Crippen LogP contribution in [0.1, 0.15) is 58.1 Å². The van der Waals surface area contributed by atoms with Crippen LogP contribution < -0.4 is 9.47 Å². The van der Waals surface area contributed by atoms with Crippen LogP contribution in [0.15, 0.2) is 12.3 Å². The Morgan fingerprint density at radius 2 is 2.00 bits per heavy atom. The molecule has 6 heteroatoms. The Kier molecular flexibility index (Phi) is 6.51. The lowest BCUT2D eigenvalue weighted by atomic mass is 9.70. The van der Waals surface area contributed by atoms with E-state index in [0.717, 1.165) is 62.5 Å². The number of hydrogen-bond acceptors (Lipinski definition) is 5. The van der Waals surface area contributed by atoms with Crippen molar-refractivity contribution in [1.29, 1.82) is 0 Å². The average Bonchev–Trinajstić information content (AvgIpc) is 2.73. The molecular weight excluding hydrogens is 378 g/mol. The molecule has 3 aliphatic heterocycles. The zero-order chi connectivity index (χ0) is 21.3. The Bertz CT molecular complexity index is 753. The summed E-state index contributed by atoms with van der Waals surface area (Å²) in [7, 11) is 3.35. The molecule has 1 aromatic rings. The van der Waals surface area contributed by atoms with Crippen molar-refractivity contribution in [1.82, 2.24) is 14.8 Å². The summed E-state index contributed by atoms with van der Waals surface area (Å²) < 4.78 is 11.1. The van der Waals surface area contributed by atoms with E-state index in [0.29, 0.717) is 35.7 Å². The van der Waals surface area contributed by atoms with Crippen LogP contribution in [-0.2, 0) is 11.3 Å². The highest BCUT2D eigenvalue weighted by molar-refractivity contribution is 5.78. The molecule has 0 aromatic carbocycles. The minimum absolute atomic E-state index is 0.393. The fraction of sp³-hybridized carbons (Fsp3) is 0.750. The summed E-state index contributed by atoms with van der Waals surface area (Å²) in [6, 6.07) is 2.66. The number of piperidine rings is 3. The van der Waals surface area contributed by atoms with Gasteiger partial charge in [0, 0.05) is 50.4 Å². The van der Waals surface area contributed by atoms with Crippen LogP contribution in [0.4, 0.5) is 0 Å². The Morgan fingerprint density at radius 1 is 1.20 bits per heavy atom. The van der Waals surface area contributed by atoms with E-state index in [4.69, 9.17) is 9.47 Å². The summed E-state index contributed by atoms with van der Waals surface area (Å²) in [6.45, 7) is 7.40. The van der Waals surface area contributed by atoms with Crippen molar-refractivity contribution < 1.29 is 14.3 Å². The van der Waals surface area contributed by atoms with E-state index in [9.17, 15) is 4.79 Å². The van der Waals surface area contributed by atoms with Gasteiger partial charge in [-0.2, -0.15) is 0 Å². The summed E-state index contributed by atoms with van der Waals surface area (Å²) in [4.78, 5) is 22.4. The highest BCUT2D eigenvalue weighted by atomic mass is 16.5. The predicted octanol–water partition coefficient (Wildman–Crippen LogP) is 3.74. The largest absolute Gasteiger partial charge is 0.493 e. The van der Waals surface area contributed by atoms with E-state index in [1.807, 2.05) is 6.07 Å². The summed E-state index contributed by atoms with van der Waals surface area (Å²) in [5, 5.41) is 0. The number of aromatic nitrogens is 1. The third-order valence-electron chi connectivity index (χ3n) is 7.35. The van der Waals surface area contributed by atoms with Crippen LogP contribution in [0, 0.1) is 17.8 Å². The van der Waals surface area contributed by atoms with Gasteiger partial charge in [0.05, 0.1) is 14.2 Å². The molecule has 0 spiro atoms. The Balaban J connectivity index is 1.55. The zero-order valence-electron chi connectivity index (χ0n) is 19.0. The molecule has 0 aliphatic carbocycles. The van der Waals surface area contributed by atoms with Gasteiger partial charge in [-0.3, -0.25) is 14.7 Å². The van der Waals surface area contributed by atoms with Gasteiger partial charge in [0.1, 0.15) is 5.69 Å². The van der Waals surface area contributed by atoms with Crippen LogP contribution in [0.25, 0.3) is 0 Å². The molecule has 30 heavy (non-hydrogen) atoms. The molecular formula is C24H37N3O3. The molecule has 1 amide bonds. The molecule has 0 N–H and O–H groups in total. The minimum atomic E-state index is 0.393. The maximum atomic E-state index is 12.9. The van der Waals surface area contributed by atoms with Crippen molar-refractivity contribution in [2.24, 2.45) is 17.8 Å². The van der Waals surface area contributed by atoms with Gasteiger partial charge in [0.2, 0.25) is 5.91 Å². The van der Waals surface area contributed by atoms with Crippen molar-refractivity contribution in [3.05, 3.63) is 18.0 Å². The van der Waals surface area contributed by atoms with Gasteiger partial charge >= 0.3 is 0 Å². The Labute approximate surface area is 180 Å². The molecule has 3 aliphatic rings. The summed E-state index contributed by atoms with van der Waals surface area (Å²) in [5.41, 5.74) is 0.937. The molecule has 4 rings (SSSR count). The van der Waals surface area contributed by atoms with Crippen LogP contribution >= 0.6 is 0 Å². The van der Waals surface area contributed by atoms with Crippen LogP contribution in [0.5, 0.6) is 11.5 Å². The zero-order valence-corrected chi connectivity index (χ0v) is 19.0. The number of methoxy groups -OCH3 is 2. The normalized spacial score (nSPS) is 29.1. The molecule has 0 radical (unpaired) electrons. The Morgan fingerprint density at radius 3 is 2.73 bits per heavy atom. The third kappa shape index (κ3) is 4.16. The van der Waals surface area contributed by atoms with Crippen LogP contribution in [-0.4, -0.2) is 60.1 Å². The second kappa shape index (κ2) is 9.13. The molecule has 2 bridgehead atoms. The van der Waals surface area contributed by atoms with Crippen molar-refractivity contribution >= 4 is 5.91 Å². The number of carbonyl (C=O) groups excluding carboxylic acids is 1. The molecule has 1 aromatic heterocycles. The van der Waals surface area contributed by atoms with Crippen molar-refractivity contribution in [3.63, 3.8) is 0 Å². The van der Waals surface area contributed by atoms with Crippen molar-refractivity contribution in [2.75, 3.05) is 27.3 Å². The minimum Gasteiger partial charge on any atom is -0.493 e. The number of pyridine rings is 1. The highest BCUT2D eigenvalue weighted by Gasteiger charge is 2.49. The van der Waals surface area contributed by atoms with E-state index in [1.54, 1.807) is 20.4 Å². The van der Waals surface area contributed by atoms with Crippen LogP contribution in [0.3, 0.4) is 0 Å². The number of ether oxygens (including phenoxy) is 2. The van der Waals surface area contributed by atoms with Gasteiger partial charge in [-0.25, -0.2) is 0 Å². The number of rotatable bonds is 7. The average molecular weight is 416 g/mol. The van der Waals surface area contributed by atoms with Crippen molar-refractivity contribution in [3.8, 4) is 11.5 Å². The van der Waals surface area contributed by atoms with Gasteiger partial charge in [-0.15, -0.1) is 0 Å². The number of fused-ring (bicyclic) bond motifs is 4. The molecule has 166 valence electrons. The number of nitrogens with zero attached hydrogens (tertiary/aromatic N) is 3. The topological polar surface area (TPSA) is 54.9 Å². The van der Waals surface area contributed by atoms with Gasteiger partial charge in [-0.05, 0) is 49.9 Å². The molecule has 3 saturated heterocycles. The predicted molar refractivity (Wildman–Crippen MR) is 117 cm³/mol. The maximum absolute atomic E-state index is 12.9. The smallest absolute Gasteiger partial charge is 0.223 e. The van der Waals surface area contributed by atoms with Gasteiger partial charge in [0.25, 0.3) is 0 Å². The number of carbonyl (C=O) groups is 1. The highest BCUT2D eigenvalue weighted by Crippen LogP contribution is 2.43. The maximum Gasteiger partial charge on any atom is 0.223 e. The van der Waals surface area contributed by atoms with E-state index in [2.05, 4.69) is 28.6 Å². The molecule has 3 fully saturated rings. The van der Waals surface area contributed by atoms with E-state index < -0.39 is 0 Å². The van der Waals surface area contributed by atoms with E-state index >= 15 is 0 Å². The molecule has 0 saturated carbocycles. The number of amides is 1. The summed E-state index contributed by atoms with van der Waals surface area (Å²) in [6.07, 6.45) is 8.33. The monoisotopic (exact) mass is 415 g/mol. The van der Waals surface area contributed by atoms with E-state index in [-0.39, 0.29) is 0 Å². The lowest BCUT2D eigenvalue weighted by Gasteiger charge is -2.57. The summed E-state index contributed by atoms with van der Waals surface area (Å²) in [5.74, 6) is 3.67. The molecule has 6 nitrogen and oxygen atoms in total. The SMILES string of the molecule is COc1ccnc(CN2C[C@H]3C[C@@H](C2)[C@H](CCC(C)C)N2C(=O)CCC[C@@H]32)c1OC. The molecule has 0 unspecified atom stereocenters. The van der Waals surface area contributed by atoms with E-state index in [1.165, 1.54) is 12.8 Å². The van der Waals surface area contributed by atoms with Crippen molar-refractivity contribution in [2.45, 2.75) is 71.0 Å².